The Kier molecular flexibility index (Phi) is 5.61. The molecular formula is C21H18FNO2S. The van der Waals surface area contributed by atoms with Crippen LogP contribution < -0.4 is 4.72 Å². The van der Waals surface area contributed by atoms with Crippen molar-refractivity contribution in [2.24, 2.45) is 0 Å². The zero-order valence-corrected chi connectivity index (χ0v) is 14.7. The number of halogens is 1. The molecule has 0 bridgehead atoms. The van der Waals surface area contributed by atoms with Gasteiger partial charge in [0.2, 0.25) is 10.0 Å². The second-order valence-corrected chi connectivity index (χ2v) is 7.45. The summed E-state index contributed by atoms with van der Waals surface area (Å²) in [6.07, 6.45) is 3.66. The van der Waals surface area contributed by atoms with Gasteiger partial charge in [-0.3, -0.25) is 0 Å². The predicted octanol–water partition coefficient (Wildman–Crippen LogP) is 4.56. The summed E-state index contributed by atoms with van der Waals surface area (Å²) in [5, 5.41) is 0. The number of benzene rings is 3. The highest BCUT2D eigenvalue weighted by Gasteiger charge is 2.19. The summed E-state index contributed by atoms with van der Waals surface area (Å²) in [5.41, 5.74) is 1.78. The molecule has 0 aromatic heterocycles. The van der Waals surface area contributed by atoms with Gasteiger partial charge >= 0.3 is 0 Å². The lowest BCUT2D eigenvalue weighted by Gasteiger charge is -2.16. The van der Waals surface area contributed by atoms with Crippen molar-refractivity contribution in [3.8, 4) is 0 Å². The predicted molar refractivity (Wildman–Crippen MR) is 101 cm³/mol. The fraction of sp³-hybridized carbons (Fsp3) is 0.0476. The van der Waals surface area contributed by atoms with Crippen molar-refractivity contribution >= 4 is 16.1 Å². The Labute approximate surface area is 152 Å². The van der Waals surface area contributed by atoms with Gasteiger partial charge in [-0.1, -0.05) is 72.8 Å². The molecule has 3 rings (SSSR count). The van der Waals surface area contributed by atoms with Gasteiger partial charge in [-0.25, -0.2) is 12.8 Å². The van der Waals surface area contributed by atoms with E-state index in [0.717, 1.165) is 23.3 Å². The fourth-order valence-corrected chi connectivity index (χ4v) is 3.68. The van der Waals surface area contributed by atoms with Crippen LogP contribution in [0.5, 0.6) is 0 Å². The van der Waals surface area contributed by atoms with Gasteiger partial charge in [-0.15, -0.1) is 0 Å². The molecule has 0 aliphatic rings. The zero-order valence-electron chi connectivity index (χ0n) is 13.9. The van der Waals surface area contributed by atoms with E-state index in [-0.39, 0.29) is 4.90 Å². The number of hydrogen-bond donors (Lipinski definition) is 1. The van der Waals surface area contributed by atoms with Crippen LogP contribution >= 0.6 is 0 Å². The second-order valence-electron chi connectivity index (χ2n) is 5.73. The molecule has 0 aliphatic carbocycles. The Balaban J connectivity index is 1.91. The third-order valence-corrected chi connectivity index (χ3v) is 5.30. The Morgan fingerprint density at radius 1 is 0.808 bits per heavy atom. The second kappa shape index (κ2) is 8.08. The van der Waals surface area contributed by atoms with E-state index in [1.54, 1.807) is 6.08 Å². The van der Waals surface area contributed by atoms with E-state index in [4.69, 9.17) is 0 Å². The smallest absolute Gasteiger partial charge is 0.207 e. The quantitative estimate of drug-likeness (QED) is 0.694. The third-order valence-electron chi connectivity index (χ3n) is 3.85. The SMILES string of the molecule is O=S(=O)(NC(/C=C/c1ccccc1)c1ccccc1)c1ccc(F)cc1. The van der Waals surface area contributed by atoms with Gasteiger partial charge in [0.15, 0.2) is 0 Å². The molecule has 5 heteroatoms. The summed E-state index contributed by atoms with van der Waals surface area (Å²) in [6, 6.07) is 23.1. The molecular weight excluding hydrogens is 349 g/mol. The van der Waals surface area contributed by atoms with Crippen LogP contribution in [0.3, 0.4) is 0 Å². The highest BCUT2D eigenvalue weighted by atomic mass is 32.2. The van der Waals surface area contributed by atoms with Crippen molar-refractivity contribution in [1.82, 2.24) is 4.72 Å². The molecule has 0 saturated carbocycles. The first kappa shape index (κ1) is 18.0. The van der Waals surface area contributed by atoms with Crippen molar-refractivity contribution in [3.63, 3.8) is 0 Å². The first-order valence-corrected chi connectivity index (χ1v) is 9.59. The van der Waals surface area contributed by atoms with Crippen molar-refractivity contribution in [2.75, 3.05) is 0 Å². The topological polar surface area (TPSA) is 46.2 Å². The van der Waals surface area contributed by atoms with Crippen LogP contribution in [0.15, 0.2) is 95.9 Å². The summed E-state index contributed by atoms with van der Waals surface area (Å²) in [4.78, 5) is 0.0212. The molecule has 0 spiro atoms. The van der Waals surface area contributed by atoms with Crippen LogP contribution in [-0.2, 0) is 10.0 Å². The van der Waals surface area contributed by atoms with Crippen LogP contribution in [-0.4, -0.2) is 8.42 Å². The minimum Gasteiger partial charge on any atom is -0.207 e. The highest BCUT2D eigenvalue weighted by molar-refractivity contribution is 7.89. The Hall–Kier alpha value is -2.76. The largest absolute Gasteiger partial charge is 0.241 e. The number of hydrogen-bond acceptors (Lipinski definition) is 2. The van der Waals surface area contributed by atoms with Crippen LogP contribution in [0.1, 0.15) is 17.2 Å². The van der Waals surface area contributed by atoms with E-state index in [0.29, 0.717) is 0 Å². The maximum atomic E-state index is 13.1. The summed E-state index contributed by atoms with van der Waals surface area (Å²) in [6.45, 7) is 0. The van der Waals surface area contributed by atoms with Gasteiger partial charge in [0.05, 0.1) is 10.9 Å². The molecule has 0 saturated heterocycles. The molecule has 132 valence electrons. The lowest BCUT2D eigenvalue weighted by atomic mass is 10.1. The van der Waals surface area contributed by atoms with Crippen molar-refractivity contribution in [3.05, 3.63) is 108 Å². The molecule has 1 unspecified atom stereocenters. The minimum absolute atomic E-state index is 0.0212. The molecule has 3 aromatic carbocycles. The van der Waals surface area contributed by atoms with E-state index in [2.05, 4.69) is 4.72 Å². The molecule has 0 aliphatic heterocycles. The summed E-state index contributed by atoms with van der Waals surface area (Å²) in [5.74, 6) is -0.479. The summed E-state index contributed by atoms with van der Waals surface area (Å²) < 4.78 is 41.1. The Morgan fingerprint density at radius 3 is 2.00 bits per heavy atom. The molecule has 0 fully saturated rings. The van der Waals surface area contributed by atoms with Crippen molar-refractivity contribution < 1.29 is 12.8 Å². The van der Waals surface area contributed by atoms with Gasteiger partial charge in [-0.05, 0) is 35.4 Å². The van der Waals surface area contributed by atoms with E-state index in [9.17, 15) is 12.8 Å². The molecule has 1 atom stereocenters. The average molecular weight is 367 g/mol. The molecule has 0 radical (unpaired) electrons. The Bertz CT molecular complexity index is 970. The van der Waals surface area contributed by atoms with Gasteiger partial charge in [0.1, 0.15) is 5.82 Å². The van der Waals surface area contributed by atoms with E-state index in [1.807, 2.05) is 66.7 Å². The van der Waals surface area contributed by atoms with Crippen molar-refractivity contribution in [2.45, 2.75) is 10.9 Å². The monoisotopic (exact) mass is 367 g/mol. The van der Waals surface area contributed by atoms with E-state index >= 15 is 0 Å². The van der Waals surface area contributed by atoms with Gasteiger partial charge in [0.25, 0.3) is 0 Å². The molecule has 3 aromatic rings. The van der Waals surface area contributed by atoms with E-state index < -0.39 is 21.9 Å². The molecule has 26 heavy (non-hydrogen) atoms. The lowest BCUT2D eigenvalue weighted by Crippen LogP contribution is -2.27. The summed E-state index contributed by atoms with van der Waals surface area (Å²) in [7, 11) is -3.80. The van der Waals surface area contributed by atoms with Gasteiger partial charge < -0.3 is 0 Å². The maximum Gasteiger partial charge on any atom is 0.241 e. The average Bonchev–Trinajstić information content (AvgIpc) is 2.67. The molecule has 1 N–H and O–H groups in total. The maximum absolute atomic E-state index is 13.1. The van der Waals surface area contributed by atoms with Gasteiger partial charge in [-0.2, -0.15) is 4.72 Å². The van der Waals surface area contributed by atoms with Crippen LogP contribution in [0.4, 0.5) is 4.39 Å². The first-order valence-electron chi connectivity index (χ1n) is 8.11. The molecule has 0 amide bonds. The summed E-state index contributed by atoms with van der Waals surface area (Å²) >= 11 is 0. The number of rotatable bonds is 6. The van der Waals surface area contributed by atoms with Crippen LogP contribution in [0, 0.1) is 5.82 Å². The Morgan fingerprint density at radius 2 is 1.38 bits per heavy atom. The van der Waals surface area contributed by atoms with Crippen LogP contribution in [0.2, 0.25) is 0 Å². The molecule has 3 nitrogen and oxygen atoms in total. The normalized spacial score (nSPS) is 13.0. The minimum atomic E-state index is -3.80. The standard InChI is InChI=1S/C21H18FNO2S/c22-19-12-14-20(15-13-19)26(24,25)23-21(18-9-5-2-6-10-18)16-11-17-7-3-1-4-8-17/h1-16,21,23H/b16-11+. The first-order chi connectivity index (χ1) is 12.5. The highest BCUT2D eigenvalue weighted by Crippen LogP contribution is 2.20. The fourth-order valence-electron chi connectivity index (χ4n) is 2.50. The lowest BCUT2D eigenvalue weighted by molar-refractivity contribution is 0.573. The third kappa shape index (κ3) is 4.65. The molecule has 0 heterocycles. The van der Waals surface area contributed by atoms with E-state index in [1.165, 1.54) is 12.1 Å². The number of nitrogens with one attached hydrogen (secondary N) is 1. The van der Waals surface area contributed by atoms with Crippen molar-refractivity contribution in [1.29, 1.82) is 0 Å². The number of sulfonamides is 1. The van der Waals surface area contributed by atoms with Gasteiger partial charge in [0, 0.05) is 0 Å². The van der Waals surface area contributed by atoms with Crippen LogP contribution in [0.25, 0.3) is 6.08 Å². The zero-order chi connectivity index (χ0) is 18.4.